The van der Waals surface area contributed by atoms with E-state index in [1.807, 2.05) is 0 Å². The summed E-state index contributed by atoms with van der Waals surface area (Å²) in [6.07, 6.45) is 11.0. The first-order valence-corrected chi connectivity index (χ1v) is 11.0. The highest BCUT2D eigenvalue weighted by atomic mass is 32.2. The van der Waals surface area contributed by atoms with E-state index in [1.54, 1.807) is 24.4 Å². The van der Waals surface area contributed by atoms with Crippen LogP contribution in [-0.4, -0.2) is 23.9 Å². The van der Waals surface area contributed by atoms with Crippen LogP contribution < -0.4 is 4.72 Å². The average molecular weight is 418 g/mol. The van der Waals surface area contributed by atoms with Gasteiger partial charge in [0.2, 0.25) is 10.0 Å². The van der Waals surface area contributed by atoms with Crippen molar-refractivity contribution in [2.45, 2.75) is 52.5 Å². The van der Waals surface area contributed by atoms with Crippen molar-refractivity contribution in [2.24, 2.45) is 0 Å². The van der Waals surface area contributed by atoms with Crippen LogP contribution in [0.25, 0.3) is 0 Å². The van der Waals surface area contributed by atoms with Gasteiger partial charge in [0, 0.05) is 12.3 Å². The number of benzene rings is 1. The second-order valence-corrected chi connectivity index (χ2v) is 9.29. The summed E-state index contributed by atoms with van der Waals surface area (Å²) in [5.74, 6) is 2.59. The molecule has 0 amide bonds. The van der Waals surface area contributed by atoms with Crippen LogP contribution in [0.1, 0.15) is 32.1 Å². The van der Waals surface area contributed by atoms with Crippen molar-refractivity contribution in [1.29, 1.82) is 0 Å². The molecule has 0 spiro atoms. The van der Waals surface area contributed by atoms with E-state index < -0.39 is 20.5 Å². The van der Waals surface area contributed by atoms with Gasteiger partial charge in [0.05, 0.1) is 20.3 Å². The molecular formula is C19H19N3O4S2. The van der Waals surface area contributed by atoms with Crippen molar-refractivity contribution in [1.82, 2.24) is 9.71 Å². The van der Waals surface area contributed by atoms with Crippen LogP contribution in [-0.2, 0) is 10.0 Å². The summed E-state index contributed by atoms with van der Waals surface area (Å²) in [6.45, 7) is 0. The SMILES string of the molecule is C#CC1(NS(=O)(=O)c2ccc(Sc3ccccn3)c([N+](=O)[O-])c2)CCCCC1. The minimum absolute atomic E-state index is 0.176. The molecule has 0 radical (unpaired) electrons. The Hall–Kier alpha value is -2.41. The van der Waals surface area contributed by atoms with Crippen LogP contribution in [0.15, 0.2) is 57.4 Å². The van der Waals surface area contributed by atoms with Gasteiger partial charge in [0.1, 0.15) is 5.03 Å². The second-order valence-electron chi connectivity index (χ2n) is 6.55. The molecule has 0 aliphatic heterocycles. The number of nitro benzene ring substituents is 1. The number of terminal acetylenes is 1. The highest BCUT2D eigenvalue weighted by Gasteiger charge is 2.35. The normalized spacial score (nSPS) is 16.2. The highest BCUT2D eigenvalue weighted by molar-refractivity contribution is 7.99. The number of rotatable bonds is 6. The van der Waals surface area contributed by atoms with Crippen molar-refractivity contribution in [2.75, 3.05) is 0 Å². The predicted molar refractivity (Wildman–Crippen MR) is 106 cm³/mol. The first kappa shape index (κ1) is 20.3. The number of nitrogens with zero attached hydrogens (tertiary/aromatic N) is 2. The van der Waals surface area contributed by atoms with Crippen LogP contribution in [0.5, 0.6) is 0 Å². The van der Waals surface area contributed by atoms with Crippen LogP contribution in [0.2, 0.25) is 0 Å². The van der Waals surface area contributed by atoms with Gasteiger partial charge in [-0.25, -0.2) is 13.4 Å². The molecule has 0 atom stereocenters. The third kappa shape index (κ3) is 4.52. The molecule has 28 heavy (non-hydrogen) atoms. The largest absolute Gasteiger partial charge is 0.284 e. The number of pyridine rings is 1. The lowest BCUT2D eigenvalue weighted by atomic mass is 9.83. The number of hydrogen-bond donors (Lipinski definition) is 1. The lowest BCUT2D eigenvalue weighted by molar-refractivity contribution is -0.388. The summed E-state index contributed by atoms with van der Waals surface area (Å²) in [5, 5.41) is 12.1. The molecule has 1 aliphatic carbocycles. The summed E-state index contributed by atoms with van der Waals surface area (Å²) in [4.78, 5) is 15.2. The summed E-state index contributed by atoms with van der Waals surface area (Å²) < 4.78 is 28.3. The van der Waals surface area contributed by atoms with Gasteiger partial charge < -0.3 is 0 Å². The molecule has 3 rings (SSSR count). The van der Waals surface area contributed by atoms with E-state index in [4.69, 9.17) is 6.42 Å². The Balaban J connectivity index is 1.92. The van der Waals surface area contributed by atoms with E-state index in [1.165, 1.54) is 12.1 Å². The molecule has 1 aromatic heterocycles. The minimum atomic E-state index is -4.00. The Labute approximate surface area is 168 Å². The molecule has 1 aromatic carbocycles. The predicted octanol–water partition coefficient (Wildman–Crippen LogP) is 3.76. The fourth-order valence-electron chi connectivity index (χ4n) is 3.16. The number of sulfonamides is 1. The Kier molecular flexibility index (Phi) is 6.03. The molecule has 0 saturated heterocycles. The fraction of sp³-hybridized carbons (Fsp3) is 0.316. The van der Waals surface area contributed by atoms with Crippen molar-refractivity contribution >= 4 is 27.5 Å². The summed E-state index contributed by atoms with van der Waals surface area (Å²) >= 11 is 1.10. The maximum absolute atomic E-state index is 12.9. The van der Waals surface area contributed by atoms with Crippen molar-refractivity contribution in [3.8, 4) is 12.3 Å². The van der Waals surface area contributed by atoms with Gasteiger partial charge in [0.25, 0.3) is 5.69 Å². The Morgan fingerprint density at radius 1 is 1.21 bits per heavy atom. The molecule has 0 bridgehead atoms. The Morgan fingerprint density at radius 2 is 1.96 bits per heavy atom. The molecule has 7 nitrogen and oxygen atoms in total. The third-order valence-corrected chi connectivity index (χ3v) is 7.15. The smallest absolute Gasteiger partial charge is 0.258 e. The second kappa shape index (κ2) is 8.31. The first-order chi connectivity index (χ1) is 13.4. The molecule has 9 heteroatoms. The van der Waals surface area contributed by atoms with E-state index in [9.17, 15) is 18.5 Å². The van der Waals surface area contributed by atoms with Crippen molar-refractivity contribution in [3.05, 3.63) is 52.7 Å². The zero-order valence-electron chi connectivity index (χ0n) is 15.0. The molecule has 1 N–H and O–H groups in total. The minimum Gasteiger partial charge on any atom is -0.258 e. The van der Waals surface area contributed by atoms with E-state index in [-0.39, 0.29) is 10.6 Å². The molecule has 0 unspecified atom stereocenters. The van der Waals surface area contributed by atoms with Crippen molar-refractivity contribution < 1.29 is 13.3 Å². The maximum atomic E-state index is 12.9. The number of hydrogen-bond acceptors (Lipinski definition) is 6. The van der Waals surface area contributed by atoms with Crippen LogP contribution in [0.4, 0.5) is 5.69 Å². The molecule has 1 saturated carbocycles. The van der Waals surface area contributed by atoms with E-state index in [0.29, 0.717) is 22.8 Å². The maximum Gasteiger partial charge on any atom is 0.284 e. The van der Waals surface area contributed by atoms with Gasteiger partial charge in [-0.15, -0.1) is 6.42 Å². The lowest BCUT2D eigenvalue weighted by Crippen LogP contribution is -2.48. The van der Waals surface area contributed by atoms with Crippen molar-refractivity contribution in [3.63, 3.8) is 0 Å². The number of nitrogens with one attached hydrogen (secondary N) is 1. The summed E-state index contributed by atoms with van der Waals surface area (Å²) in [5.41, 5.74) is -1.23. The fourth-order valence-corrected chi connectivity index (χ4v) is 5.43. The number of aromatic nitrogens is 1. The van der Waals surface area contributed by atoms with Gasteiger partial charge in [-0.3, -0.25) is 10.1 Å². The lowest BCUT2D eigenvalue weighted by Gasteiger charge is -2.32. The van der Waals surface area contributed by atoms with E-state index >= 15 is 0 Å². The third-order valence-electron chi connectivity index (χ3n) is 4.60. The van der Waals surface area contributed by atoms with Gasteiger partial charge in [0.15, 0.2) is 0 Å². The Bertz CT molecular complexity index is 1010. The van der Waals surface area contributed by atoms with E-state index in [2.05, 4.69) is 15.6 Å². The molecule has 1 fully saturated rings. The molecule has 1 aliphatic rings. The standard InChI is InChI=1S/C19H19N3O4S2/c1-2-19(11-5-3-6-12-19)21-28(25,26)15-9-10-17(16(14-15)22(23)24)27-18-8-4-7-13-20-18/h1,4,7-10,13-14,21H,3,5-6,11-12H2. The summed E-state index contributed by atoms with van der Waals surface area (Å²) in [6, 6.07) is 9.09. The van der Waals surface area contributed by atoms with Gasteiger partial charge in [-0.1, -0.05) is 43.0 Å². The topological polar surface area (TPSA) is 102 Å². The molecular weight excluding hydrogens is 398 g/mol. The van der Waals surface area contributed by atoms with E-state index in [0.717, 1.165) is 37.1 Å². The van der Waals surface area contributed by atoms with Gasteiger partial charge >= 0.3 is 0 Å². The zero-order valence-corrected chi connectivity index (χ0v) is 16.6. The quantitative estimate of drug-likeness (QED) is 0.436. The first-order valence-electron chi connectivity index (χ1n) is 8.74. The molecule has 146 valence electrons. The van der Waals surface area contributed by atoms with Crippen LogP contribution in [0, 0.1) is 22.5 Å². The summed E-state index contributed by atoms with van der Waals surface area (Å²) in [7, 11) is -4.00. The number of nitro groups is 1. The average Bonchev–Trinajstić information content (AvgIpc) is 2.69. The molecule has 2 aromatic rings. The van der Waals surface area contributed by atoms with Gasteiger partial charge in [-0.05, 0) is 37.1 Å². The van der Waals surface area contributed by atoms with Crippen LogP contribution >= 0.6 is 11.8 Å². The monoisotopic (exact) mass is 417 g/mol. The van der Waals surface area contributed by atoms with Crippen LogP contribution in [0.3, 0.4) is 0 Å². The Morgan fingerprint density at radius 3 is 2.57 bits per heavy atom. The van der Waals surface area contributed by atoms with Gasteiger partial charge in [-0.2, -0.15) is 4.72 Å². The zero-order chi connectivity index (χ0) is 20.2. The highest BCUT2D eigenvalue weighted by Crippen LogP contribution is 2.36. The molecule has 1 heterocycles.